The van der Waals surface area contributed by atoms with Gasteiger partial charge in [-0.15, -0.1) is 0 Å². The summed E-state index contributed by atoms with van der Waals surface area (Å²) in [5.41, 5.74) is 1.89. The van der Waals surface area contributed by atoms with E-state index in [1.165, 1.54) is 11.3 Å². The van der Waals surface area contributed by atoms with E-state index in [1.54, 1.807) is 26.4 Å². The topological polar surface area (TPSA) is 62.1 Å². The van der Waals surface area contributed by atoms with Gasteiger partial charge in [-0.2, -0.15) is 4.99 Å². The molecule has 0 radical (unpaired) electrons. The Morgan fingerprint density at radius 3 is 2.64 bits per heavy atom. The van der Waals surface area contributed by atoms with Crippen LogP contribution in [0.25, 0.3) is 10.2 Å². The SMILES string of the molecule is CCOCCn1c(=NC(=O)Cc2ccc(OC)c(OC)c2)sc2ccccc21. The molecule has 0 fully saturated rings. The minimum Gasteiger partial charge on any atom is -0.493 e. The van der Waals surface area contributed by atoms with Crippen molar-refractivity contribution in [2.75, 3.05) is 27.4 Å². The highest BCUT2D eigenvalue weighted by Gasteiger charge is 2.10. The Kier molecular flexibility index (Phi) is 6.84. The third-order valence-corrected chi connectivity index (χ3v) is 5.33. The van der Waals surface area contributed by atoms with Gasteiger partial charge in [0.2, 0.25) is 0 Å². The van der Waals surface area contributed by atoms with E-state index in [9.17, 15) is 4.79 Å². The van der Waals surface area contributed by atoms with Gasteiger partial charge in [0.1, 0.15) is 0 Å². The number of thiazole rings is 1. The van der Waals surface area contributed by atoms with Crippen LogP contribution >= 0.6 is 11.3 Å². The van der Waals surface area contributed by atoms with E-state index in [-0.39, 0.29) is 12.3 Å². The molecular formula is C21H24N2O4S. The molecule has 0 spiro atoms. The summed E-state index contributed by atoms with van der Waals surface area (Å²) in [5, 5.41) is 0. The van der Waals surface area contributed by atoms with Gasteiger partial charge < -0.3 is 18.8 Å². The Morgan fingerprint density at radius 2 is 1.89 bits per heavy atom. The van der Waals surface area contributed by atoms with Crippen LogP contribution in [0.15, 0.2) is 47.5 Å². The predicted octanol–water partition coefficient (Wildman–Crippen LogP) is 3.43. The first-order valence-corrected chi connectivity index (χ1v) is 9.92. The van der Waals surface area contributed by atoms with E-state index in [2.05, 4.69) is 4.99 Å². The largest absolute Gasteiger partial charge is 0.493 e. The maximum Gasteiger partial charge on any atom is 0.252 e. The molecule has 0 unspecified atom stereocenters. The number of benzene rings is 2. The average Bonchev–Trinajstić information content (AvgIpc) is 3.05. The molecule has 1 heterocycles. The second-order valence-corrected chi connectivity index (χ2v) is 7.08. The van der Waals surface area contributed by atoms with Crippen LogP contribution in [0.1, 0.15) is 12.5 Å². The molecule has 0 aliphatic rings. The lowest BCUT2D eigenvalue weighted by Gasteiger charge is -2.08. The molecule has 1 amide bonds. The van der Waals surface area contributed by atoms with Crippen molar-refractivity contribution in [3.8, 4) is 11.5 Å². The van der Waals surface area contributed by atoms with E-state index >= 15 is 0 Å². The molecule has 2 aromatic carbocycles. The fourth-order valence-electron chi connectivity index (χ4n) is 2.93. The number of nitrogens with zero attached hydrogens (tertiary/aromatic N) is 2. The summed E-state index contributed by atoms with van der Waals surface area (Å²) >= 11 is 1.51. The van der Waals surface area contributed by atoms with Crippen LogP contribution < -0.4 is 14.3 Å². The zero-order valence-electron chi connectivity index (χ0n) is 16.3. The van der Waals surface area contributed by atoms with Crippen molar-refractivity contribution in [3.05, 3.63) is 52.8 Å². The molecule has 3 aromatic rings. The van der Waals surface area contributed by atoms with Crippen molar-refractivity contribution in [2.45, 2.75) is 19.9 Å². The smallest absolute Gasteiger partial charge is 0.252 e. The number of ether oxygens (including phenoxy) is 3. The molecule has 0 saturated carbocycles. The molecule has 0 N–H and O–H groups in total. The highest BCUT2D eigenvalue weighted by atomic mass is 32.1. The number of carbonyl (C=O) groups excluding carboxylic acids is 1. The number of methoxy groups -OCH3 is 2. The fourth-order valence-corrected chi connectivity index (χ4v) is 4.01. The number of hydrogen-bond donors (Lipinski definition) is 0. The van der Waals surface area contributed by atoms with Gasteiger partial charge in [0.05, 0.1) is 37.5 Å². The number of carbonyl (C=O) groups is 1. The first kappa shape index (κ1) is 20.1. The second-order valence-electron chi connectivity index (χ2n) is 6.07. The Labute approximate surface area is 168 Å². The maximum absolute atomic E-state index is 12.6. The monoisotopic (exact) mass is 400 g/mol. The van der Waals surface area contributed by atoms with Crippen molar-refractivity contribution >= 4 is 27.5 Å². The number of hydrogen-bond acceptors (Lipinski definition) is 5. The number of aromatic nitrogens is 1. The summed E-state index contributed by atoms with van der Waals surface area (Å²) in [7, 11) is 3.16. The second kappa shape index (κ2) is 9.52. The van der Waals surface area contributed by atoms with Crippen LogP contribution in [0, 0.1) is 0 Å². The Hall–Kier alpha value is -2.64. The van der Waals surface area contributed by atoms with Gasteiger partial charge in [0, 0.05) is 13.2 Å². The average molecular weight is 401 g/mol. The quantitative estimate of drug-likeness (QED) is 0.544. The van der Waals surface area contributed by atoms with Crippen molar-refractivity contribution < 1.29 is 19.0 Å². The first-order valence-electron chi connectivity index (χ1n) is 9.10. The maximum atomic E-state index is 12.6. The van der Waals surface area contributed by atoms with E-state index in [0.717, 1.165) is 15.8 Å². The third-order valence-electron chi connectivity index (χ3n) is 4.28. The predicted molar refractivity (Wildman–Crippen MR) is 110 cm³/mol. The molecule has 6 nitrogen and oxygen atoms in total. The van der Waals surface area contributed by atoms with Crippen LogP contribution in [0.3, 0.4) is 0 Å². The van der Waals surface area contributed by atoms with Gasteiger partial charge >= 0.3 is 0 Å². The lowest BCUT2D eigenvalue weighted by molar-refractivity contribution is -0.117. The van der Waals surface area contributed by atoms with Gasteiger partial charge in [-0.3, -0.25) is 4.79 Å². The molecule has 1 aromatic heterocycles. The molecule has 28 heavy (non-hydrogen) atoms. The Balaban J connectivity index is 1.89. The van der Waals surface area contributed by atoms with Crippen LogP contribution in [-0.2, 0) is 22.5 Å². The van der Waals surface area contributed by atoms with Gasteiger partial charge in [0.25, 0.3) is 5.91 Å². The summed E-state index contributed by atoms with van der Waals surface area (Å²) in [5.74, 6) is 1.03. The van der Waals surface area contributed by atoms with E-state index in [1.807, 2.05) is 41.8 Å². The number of para-hydroxylation sites is 1. The van der Waals surface area contributed by atoms with Crippen molar-refractivity contribution in [1.29, 1.82) is 0 Å². The van der Waals surface area contributed by atoms with Gasteiger partial charge in [0.15, 0.2) is 16.3 Å². The highest BCUT2D eigenvalue weighted by Crippen LogP contribution is 2.27. The van der Waals surface area contributed by atoms with Crippen molar-refractivity contribution in [3.63, 3.8) is 0 Å². The normalized spacial score (nSPS) is 11.8. The van der Waals surface area contributed by atoms with E-state index < -0.39 is 0 Å². The third kappa shape index (κ3) is 4.61. The summed E-state index contributed by atoms with van der Waals surface area (Å²) in [4.78, 5) is 17.7. The number of rotatable bonds is 8. The number of amides is 1. The molecule has 0 aliphatic carbocycles. The lowest BCUT2D eigenvalue weighted by atomic mass is 10.1. The summed E-state index contributed by atoms with van der Waals surface area (Å²) in [6.07, 6.45) is 0.195. The molecule has 148 valence electrons. The summed E-state index contributed by atoms with van der Waals surface area (Å²) < 4.78 is 19.2. The van der Waals surface area contributed by atoms with Crippen molar-refractivity contribution in [1.82, 2.24) is 4.57 Å². The number of fused-ring (bicyclic) bond motifs is 1. The Morgan fingerprint density at radius 1 is 1.11 bits per heavy atom. The molecule has 0 aliphatic heterocycles. The molecule has 0 saturated heterocycles. The standard InChI is InChI=1S/C21H24N2O4S/c1-4-27-12-11-23-16-7-5-6-8-19(16)28-21(23)22-20(24)14-15-9-10-17(25-2)18(13-15)26-3/h5-10,13H,4,11-12,14H2,1-3H3. The van der Waals surface area contributed by atoms with Crippen LogP contribution in [0.4, 0.5) is 0 Å². The van der Waals surface area contributed by atoms with Crippen LogP contribution in [-0.4, -0.2) is 37.9 Å². The zero-order chi connectivity index (χ0) is 19.9. The van der Waals surface area contributed by atoms with E-state index in [4.69, 9.17) is 14.2 Å². The molecule has 3 rings (SSSR count). The van der Waals surface area contributed by atoms with Gasteiger partial charge in [-0.05, 0) is 36.8 Å². The molecule has 0 atom stereocenters. The van der Waals surface area contributed by atoms with E-state index in [0.29, 0.717) is 36.1 Å². The fraction of sp³-hybridized carbons (Fsp3) is 0.333. The minimum atomic E-state index is -0.205. The van der Waals surface area contributed by atoms with Gasteiger partial charge in [-0.1, -0.05) is 29.5 Å². The Bertz CT molecular complexity index is 1020. The molecule has 0 bridgehead atoms. The summed E-state index contributed by atoms with van der Waals surface area (Å²) in [6, 6.07) is 13.5. The minimum absolute atomic E-state index is 0.195. The molecule has 7 heteroatoms. The van der Waals surface area contributed by atoms with Crippen LogP contribution in [0.5, 0.6) is 11.5 Å². The van der Waals surface area contributed by atoms with Gasteiger partial charge in [-0.25, -0.2) is 0 Å². The lowest BCUT2D eigenvalue weighted by Crippen LogP contribution is -2.20. The first-order chi connectivity index (χ1) is 13.7. The summed E-state index contributed by atoms with van der Waals surface area (Å²) in [6.45, 7) is 3.86. The highest BCUT2D eigenvalue weighted by molar-refractivity contribution is 7.16. The van der Waals surface area contributed by atoms with Crippen LogP contribution in [0.2, 0.25) is 0 Å². The zero-order valence-corrected chi connectivity index (χ0v) is 17.1. The molecular weight excluding hydrogens is 376 g/mol. The van der Waals surface area contributed by atoms with Crippen molar-refractivity contribution in [2.24, 2.45) is 4.99 Å².